The second-order valence-electron chi connectivity index (χ2n) is 2.24. The van der Waals surface area contributed by atoms with Crippen LogP contribution in [0.25, 0.3) is 0 Å². The number of rotatable bonds is 2. The summed E-state index contributed by atoms with van der Waals surface area (Å²) in [5, 5.41) is 3.32. The minimum Gasteiger partial charge on any atom is -0.210 e. The third-order valence-corrected chi connectivity index (χ3v) is 1.51. The van der Waals surface area contributed by atoms with Crippen LogP contribution in [0.5, 0.6) is 0 Å². The molecule has 1 aromatic carbocycles. The zero-order valence-electron chi connectivity index (χ0n) is 5.96. The molecular weight excluding hydrogens is 124 g/mol. The van der Waals surface area contributed by atoms with Crippen molar-refractivity contribution >= 4 is 0 Å². The van der Waals surface area contributed by atoms with E-state index in [2.05, 4.69) is 5.11 Å². The molecule has 2 nitrogen and oxygen atoms in total. The summed E-state index contributed by atoms with van der Waals surface area (Å²) in [5.41, 5.74) is 9.01. The van der Waals surface area contributed by atoms with Crippen LogP contribution in [0, 0.1) is 12.5 Å². The van der Waals surface area contributed by atoms with Crippen LogP contribution in [0.3, 0.4) is 0 Å². The van der Waals surface area contributed by atoms with Crippen LogP contribution in [0.2, 0.25) is 0 Å². The molecule has 10 heavy (non-hydrogen) atoms. The Balaban J connectivity index is 2.91. The summed E-state index contributed by atoms with van der Waals surface area (Å²) < 4.78 is 0. The molecule has 0 aliphatic carbocycles. The van der Waals surface area contributed by atoms with Crippen LogP contribution in [-0.2, 0) is 6.54 Å². The van der Waals surface area contributed by atoms with Crippen molar-refractivity contribution in [2.24, 2.45) is 5.11 Å². The molecule has 0 amide bonds. The van der Waals surface area contributed by atoms with Gasteiger partial charge in [0.15, 0.2) is 0 Å². The molecule has 1 aromatic rings. The highest BCUT2D eigenvalue weighted by Crippen LogP contribution is 2.07. The second kappa shape index (κ2) is 3.11. The summed E-state index contributed by atoms with van der Waals surface area (Å²) in [5.74, 6) is 0. The first-order chi connectivity index (χ1) is 4.84. The van der Waals surface area contributed by atoms with Gasteiger partial charge in [-0.15, -0.1) is 0 Å². The molecule has 0 bridgehead atoms. The van der Waals surface area contributed by atoms with Crippen molar-refractivity contribution in [3.63, 3.8) is 0 Å². The van der Waals surface area contributed by atoms with E-state index >= 15 is 0 Å². The molecule has 1 N–H and O–H groups in total. The van der Waals surface area contributed by atoms with E-state index in [4.69, 9.17) is 5.53 Å². The number of hydrogen-bond acceptors (Lipinski definition) is 2. The minimum absolute atomic E-state index is 0.507. The lowest BCUT2D eigenvalue weighted by molar-refractivity contribution is 0.900. The third-order valence-electron chi connectivity index (χ3n) is 1.51. The van der Waals surface area contributed by atoms with Gasteiger partial charge < -0.3 is 0 Å². The summed E-state index contributed by atoms with van der Waals surface area (Å²) in [4.78, 5) is 0. The zero-order chi connectivity index (χ0) is 7.40. The molecule has 0 radical (unpaired) electrons. The second-order valence-corrected chi connectivity index (χ2v) is 2.24. The van der Waals surface area contributed by atoms with E-state index in [0.717, 1.165) is 5.56 Å². The van der Waals surface area contributed by atoms with E-state index < -0.39 is 0 Å². The summed E-state index contributed by atoms with van der Waals surface area (Å²) in [6, 6.07) is 7.98. The molecule has 0 unspecified atom stereocenters. The van der Waals surface area contributed by atoms with Crippen LogP contribution in [0.4, 0.5) is 0 Å². The molecule has 1 rings (SSSR count). The van der Waals surface area contributed by atoms with Crippen molar-refractivity contribution in [2.45, 2.75) is 13.5 Å². The summed E-state index contributed by atoms with van der Waals surface area (Å²) in [7, 11) is 0. The molecular formula is C8H10N2. The Morgan fingerprint density at radius 3 is 2.70 bits per heavy atom. The smallest absolute Gasteiger partial charge is 0.0849 e. The van der Waals surface area contributed by atoms with Crippen LogP contribution in [0.1, 0.15) is 11.1 Å². The highest BCUT2D eigenvalue weighted by Gasteiger charge is 1.92. The van der Waals surface area contributed by atoms with E-state index in [-0.39, 0.29) is 0 Å². The highest BCUT2D eigenvalue weighted by atomic mass is 14.9. The fourth-order valence-corrected chi connectivity index (χ4v) is 0.873. The molecule has 2 heteroatoms. The van der Waals surface area contributed by atoms with Gasteiger partial charge in [0.2, 0.25) is 0 Å². The molecule has 0 aliphatic rings. The number of benzene rings is 1. The van der Waals surface area contributed by atoms with E-state index in [1.807, 2.05) is 31.2 Å². The molecule has 0 fully saturated rings. The Bertz CT molecular complexity index is 230. The maximum absolute atomic E-state index is 6.66. The van der Waals surface area contributed by atoms with Gasteiger partial charge in [0.05, 0.1) is 6.54 Å². The molecule has 0 atom stereocenters. The van der Waals surface area contributed by atoms with Gasteiger partial charge in [0.25, 0.3) is 0 Å². The predicted molar refractivity (Wildman–Crippen MR) is 40.0 cm³/mol. The van der Waals surface area contributed by atoms with E-state index in [9.17, 15) is 0 Å². The van der Waals surface area contributed by atoms with Crippen molar-refractivity contribution in [3.05, 3.63) is 35.4 Å². The Labute approximate surface area is 60.4 Å². The topological polar surface area (TPSA) is 36.2 Å². The van der Waals surface area contributed by atoms with Crippen molar-refractivity contribution < 1.29 is 0 Å². The van der Waals surface area contributed by atoms with E-state index in [1.165, 1.54) is 5.56 Å². The van der Waals surface area contributed by atoms with Gasteiger partial charge >= 0.3 is 0 Å². The Morgan fingerprint density at radius 1 is 1.40 bits per heavy atom. The lowest BCUT2D eigenvalue weighted by Gasteiger charge is -1.98. The normalized spacial score (nSPS) is 9.30. The summed E-state index contributed by atoms with van der Waals surface area (Å²) in [6.07, 6.45) is 0. The summed E-state index contributed by atoms with van der Waals surface area (Å²) in [6.45, 7) is 2.53. The molecule has 0 spiro atoms. The average Bonchev–Trinajstić information content (AvgIpc) is 1.94. The standard InChI is InChI=1S/C8H10N2/c1-7-4-2-3-5-8(7)6-10-9/h2-5,9H,6H2,1H3. The van der Waals surface area contributed by atoms with Gasteiger partial charge in [-0.3, -0.25) is 0 Å². The molecule has 0 aliphatic heterocycles. The van der Waals surface area contributed by atoms with Crippen LogP contribution in [-0.4, -0.2) is 0 Å². The molecule has 0 aromatic heterocycles. The number of nitrogens with zero attached hydrogens (tertiary/aromatic N) is 1. The maximum Gasteiger partial charge on any atom is 0.0849 e. The monoisotopic (exact) mass is 134 g/mol. The molecule has 0 heterocycles. The Hall–Kier alpha value is -1.18. The minimum atomic E-state index is 0.507. The molecule has 0 saturated heterocycles. The van der Waals surface area contributed by atoms with Crippen molar-refractivity contribution in [3.8, 4) is 0 Å². The average molecular weight is 134 g/mol. The SMILES string of the molecule is Cc1ccccc1CN=N. The van der Waals surface area contributed by atoms with Gasteiger partial charge in [-0.25, -0.2) is 5.53 Å². The molecule has 0 saturated carbocycles. The Morgan fingerprint density at radius 2 is 2.10 bits per heavy atom. The van der Waals surface area contributed by atoms with Gasteiger partial charge in [-0.1, -0.05) is 24.3 Å². The number of nitrogens with one attached hydrogen (secondary N) is 1. The predicted octanol–water partition coefficient (Wildman–Crippen LogP) is 2.53. The van der Waals surface area contributed by atoms with Gasteiger partial charge in [0, 0.05) is 0 Å². The third kappa shape index (κ3) is 1.41. The fraction of sp³-hybridized carbons (Fsp3) is 0.250. The van der Waals surface area contributed by atoms with E-state index in [0.29, 0.717) is 6.54 Å². The van der Waals surface area contributed by atoms with Gasteiger partial charge in [0.1, 0.15) is 0 Å². The van der Waals surface area contributed by atoms with Crippen molar-refractivity contribution in [1.29, 1.82) is 5.53 Å². The van der Waals surface area contributed by atoms with Crippen LogP contribution < -0.4 is 0 Å². The Kier molecular flexibility index (Phi) is 2.15. The first-order valence-electron chi connectivity index (χ1n) is 3.22. The fourth-order valence-electron chi connectivity index (χ4n) is 0.873. The highest BCUT2D eigenvalue weighted by molar-refractivity contribution is 5.25. The van der Waals surface area contributed by atoms with Crippen molar-refractivity contribution in [1.82, 2.24) is 0 Å². The first-order valence-corrected chi connectivity index (χ1v) is 3.22. The lowest BCUT2D eigenvalue weighted by atomic mass is 10.1. The van der Waals surface area contributed by atoms with Crippen LogP contribution in [0.15, 0.2) is 29.4 Å². The number of hydrogen-bond donors (Lipinski definition) is 1. The van der Waals surface area contributed by atoms with Crippen molar-refractivity contribution in [2.75, 3.05) is 0 Å². The molecule has 52 valence electrons. The van der Waals surface area contributed by atoms with Gasteiger partial charge in [-0.05, 0) is 18.1 Å². The summed E-state index contributed by atoms with van der Waals surface area (Å²) >= 11 is 0. The zero-order valence-corrected chi connectivity index (χ0v) is 5.96. The van der Waals surface area contributed by atoms with Gasteiger partial charge in [-0.2, -0.15) is 5.11 Å². The largest absolute Gasteiger partial charge is 0.210 e. The number of aryl methyl sites for hydroxylation is 1. The quantitative estimate of drug-likeness (QED) is 0.603. The lowest BCUT2D eigenvalue weighted by Crippen LogP contribution is -1.83. The van der Waals surface area contributed by atoms with Crippen LogP contribution >= 0.6 is 0 Å². The maximum atomic E-state index is 6.66. The van der Waals surface area contributed by atoms with E-state index in [1.54, 1.807) is 0 Å². The first kappa shape index (κ1) is 6.93.